The third-order valence-corrected chi connectivity index (χ3v) is 2.74. The number of carbonyl (C=O) groups is 1. The second kappa shape index (κ2) is 5.32. The van der Waals surface area contributed by atoms with Gasteiger partial charge in [-0.25, -0.2) is 21.5 Å². The van der Waals surface area contributed by atoms with Crippen molar-refractivity contribution in [1.29, 1.82) is 0 Å². The predicted molar refractivity (Wildman–Crippen MR) is 63.5 cm³/mol. The average Bonchev–Trinajstić information content (AvgIpc) is 2.26. The molecule has 0 aliphatic rings. The second-order valence-corrected chi connectivity index (χ2v) is 3.66. The Morgan fingerprint density at radius 2 is 2.27 bits per heavy atom. The maximum Gasteiger partial charge on any atom is 0.350 e. The van der Waals surface area contributed by atoms with Crippen LogP contribution in [0.1, 0.15) is 5.56 Å². The number of carbonyl (C=O) groups excluding carboxylic acids is 1. The third kappa shape index (κ3) is 2.60. The highest BCUT2D eigenvalue weighted by molar-refractivity contribution is 9.08. The average molecular weight is 294 g/mol. The highest BCUT2D eigenvalue weighted by Gasteiger charge is 2.15. The standard InChI is InChI=1S/C8H10BrClN4O/c9-4-5-6(10)2-1-3-7(5)14(12)8(15)13-11/h1-3H,4,11-12H2,(H,13,15). The summed E-state index contributed by atoms with van der Waals surface area (Å²) in [5, 5.41) is 1.93. The van der Waals surface area contributed by atoms with E-state index in [-0.39, 0.29) is 0 Å². The lowest BCUT2D eigenvalue weighted by atomic mass is 10.2. The molecule has 82 valence electrons. The summed E-state index contributed by atoms with van der Waals surface area (Å²) >= 11 is 9.22. The molecule has 7 heteroatoms. The quantitative estimate of drug-likeness (QED) is 0.334. The van der Waals surface area contributed by atoms with Crippen molar-refractivity contribution in [2.24, 2.45) is 11.7 Å². The molecule has 0 fully saturated rings. The van der Waals surface area contributed by atoms with Crippen LogP contribution < -0.4 is 22.1 Å². The minimum atomic E-state index is -0.612. The molecule has 0 spiro atoms. The second-order valence-electron chi connectivity index (χ2n) is 2.69. The van der Waals surface area contributed by atoms with E-state index in [4.69, 9.17) is 23.3 Å². The Hall–Kier alpha value is -0.820. The molecule has 0 unspecified atom stereocenters. The van der Waals surface area contributed by atoms with Gasteiger partial charge in [-0.1, -0.05) is 33.6 Å². The summed E-state index contributed by atoms with van der Waals surface area (Å²) in [6.45, 7) is 0. The highest BCUT2D eigenvalue weighted by Crippen LogP contribution is 2.28. The molecule has 0 aliphatic heterocycles. The van der Waals surface area contributed by atoms with E-state index in [0.29, 0.717) is 16.0 Å². The van der Waals surface area contributed by atoms with Gasteiger partial charge in [0.1, 0.15) is 0 Å². The molecule has 2 amide bonds. The molecule has 0 atom stereocenters. The van der Waals surface area contributed by atoms with Crippen LogP contribution in [0.25, 0.3) is 0 Å². The zero-order chi connectivity index (χ0) is 11.4. The van der Waals surface area contributed by atoms with Gasteiger partial charge in [0.05, 0.1) is 5.69 Å². The molecule has 1 rings (SSSR count). The Bertz CT molecular complexity index is 374. The summed E-state index contributed by atoms with van der Waals surface area (Å²) in [6.07, 6.45) is 0. The first-order valence-electron chi connectivity index (χ1n) is 4.00. The van der Waals surface area contributed by atoms with Crippen molar-refractivity contribution in [2.45, 2.75) is 5.33 Å². The molecule has 0 saturated carbocycles. The molecule has 0 heterocycles. The number of alkyl halides is 1. The van der Waals surface area contributed by atoms with Crippen LogP contribution >= 0.6 is 27.5 Å². The van der Waals surface area contributed by atoms with E-state index in [9.17, 15) is 4.79 Å². The summed E-state index contributed by atoms with van der Waals surface area (Å²) < 4.78 is 0. The van der Waals surface area contributed by atoms with E-state index in [1.807, 2.05) is 5.43 Å². The van der Waals surface area contributed by atoms with Gasteiger partial charge in [0.25, 0.3) is 0 Å². The number of hydrogen-bond acceptors (Lipinski definition) is 3. The predicted octanol–water partition coefficient (Wildman–Crippen LogP) is 1.50. The first-order chi connectivity index (χ1) is 7.11. The van der Waals surface area contributed by atoms with Crippen molar-refractivity contribution >= 4 is 39.2 Å². The van der Waals surface area contributed by atoms with Crippen molar-refractivity contribution < 1.29 is 4.79 Å². The molecule has 0 bridgehead atoms. The van der Waals surface area contributed by atoms with Gasteiger partial charge in [0.2, 0.25) is 0 Å². The summed E-state index contributed by atoms with van der Waals surface area (Å²) in [4.78, 5) is 11.2. The Morgan fingerprint density at radius 3 is 2.80 bits per heavy atom. The van der Waals surface area contributed by atoms with Crippen LogP contribution in [0.5, 0.6) is 0 Å². The van der Waals surface area contributed by atoms with E-state index in [2.05, 4.69) is 15.9 Å². The van der Waals surface area contributed by atoms with Crippen molar-refractivity contribution in [2.75, 3.05) is 5.01 Å². The first kappa shape index (κ1) is 12.3. The number of benzene rings is 1. The Labute approximate surface area is 100 Å². The zero-order valence-electron chi connectivity index (χ0n) is 7.71. The minimum absolute atomic E-state index is 0.494. The van der Waals surface area contributed by atoms with Gasteiger partial charge in [0.15, 0.2) is 0 Å². The molecule has 5 nitrogen and oxygen atoms in total. The molecular formula is C8H10BrClN4O. The van der Waals surface area contributed by atoms with E-state index >= 15 is 0 Å². The van der Waals surface area contributed by atoms with E-state index in [1.165, 1.54) is 0 Å². The smallest absolute Gasteiger partial charge is 0.274 e. The monoisotopic (exact) mass is 292 g/mol. The number of nitrogens with two attached hydrogens (primary N) is 2. The number of halogens is 2. The van der Waals surface area contributed by atoms with Crippen molar-refractivity contribution in [1.82, 2.24) is 5.43 Å². The fourth-order valence-electron chi connectivity index (χ4n) is 1.08. The molecule has 0 aromatic heterocycles. The number of hydrogen-bond donors (Lipinski definition) is 3. The molecule has 15 heavy (non-hydrogen) atoms. The Morgan fingerprint density at radius 1 is 1.60 bits per heavy atom. The zero-order valence-corrected chi connectivity index (χ0v) is 10.0. The largest absolute Gasteiger partial charge is 0.350 e. The van der Waals surface area contributed by atoms with Crippen LogP contribution in [0.15, 0.2) is 18.2 Å². The molecule has 0 saturated heterocycles. The summed E-state index contributed by atoms with van der Waals surface area (Å²) in [5.74, 6) is 10.5. The summed E-state index contributed by atoms with van der Waals surface area (Å²) in [6, 6.07) is 4.49. The first-order valence-corrected chi connectivity index (χ1v) is 5.50. The maximum atomic E-state index is 11.2. The molecule has 1 aromatic rings. The Balaban J connectivity index is 3.13. The van der Waals surface area contributed by atoms with E-state index in [1.54, 1.807) is 18.2 Å². The topological polar surface area (TPSA) is 84.4 Å². The number of urea groups is 1. The lowest BCUT2D eigenvalue weighted by Gasteiger charge is -2.19. The van der Waals surface area contributed by atoms with E-state index < -0.39 is 6.03 Å². The molecular weight excluding hydrogens is 283 g/mol. The van der Waals surface area contributed by atoms with Gasteiger partial charge in [0, 0.05) is 15.9 Å². The Kier molecular flexibility index (Phi) is 4.34. The van der Waals surface area contributed by atoms with Gasteiger partial charge < -0.3 is 0 Å². The van der Waals surface area contributed by atoms with Gasteiger partial charge in [-0.3, -0.25) is 5.43 Å². The summed E-state index contributed by atoms with van der Waals surface area (Å²) in [5.41, 5.74) is 3.17. The lowest BCUT2D eigenvalue weighted by molar-refractivity contribution is 0.246. The van der Waals surface area contributed by atoms with Crippen molar-refractivity contribution in [3.63, 3.8) is 0 Å². The van der Waals surface area contributed by atoms with Crippen LogP contribution in [-0.4, -0.2) is 6.03 Å². The van der Waals surface area contributed by atoms with Gasteiger partial charge >= 0.3 is 6.03 Å². The van der Waals surface area contributed by atoms with Crippen molar-refractivity contribution in [3.05, 3.63) is 28.8 Å². The number of nitrogens with zero attached hydrogens (tertiary/aromatic N) is 1. The molecule has 0 radical (unpaired) electrons. The third-order valence-electron chi connectivity index (χ3n) is 1.83. The summed E-state index contributed by atoms with van der Waals surface area (Å²) in [7, 11) is 0. The number of anilines is 1. The van der Waals surface area contributed by atoms with Crippen LogP contribution in [0.4, 0.5) is 10.5 Å². The molecule has 1 aromatic carbocycles. The van der Waals surface area contributed by atoms with Gasteiger partial charge in [-0.15, -0.1) is 0 Å². The SMILES string of the molecule is NNC(=O)N(N)c1cccc(Cl)c1CBr. The minimum Gasteiger partial charge on any atom is -0.274 e. The van der Waals surface area contributed by atoms with Crippen LogP contribution in [0.3, 0.4) is 0 Å². The van der Waals surface area contributed by atoms with Gasteiger partial charge in [-0.2, -0.15) is 0 Å². The normalized spacial score (nSPS) is 9.87. The molecule has 0 aliphatic carbocycles. The number of rotatable bonds is 2. The van der Waals surface area contributed by atoms with Crippen LogP contribution in [0, 0.1) is 0 Å². The fourth-order valence-corrected chi connectivity index (χ4v) is 2.07. The highest BCUT2D eigenvalue weighted by atomic mass is 79.9. The van der Waals surface area contributed by atoms with E-state index in [0.717, 1.165) is 10.6 Å². The van der Waals surface area contributed by atoms with Gasteiger partial charge in [-0.05, 0) is 12.1 Å². The fraction of sp³-hybridized carbons (Fsp3) is 0.125. The van der Waals surface area contributed by atoms with Crippen LogP contribution in [-0.2, 0) is 5.33 Å². The number of nitrogens with one attached hydrogen (secondary N) is 1. The van der Waals surface area contributed by atoms with Crippen molar-refractivity contribution in [3.8, 4) is 0 Å². The number of hydrazine groups is 2. The maximum absolute atomic E-state index is 11.2. The lowest BCUT2D eigenvalue weighted by Crippen LogP contribution is -2.48. The van der Waals surface area contributed by atoms with Crippen LogP contribution in [0.2, 0.25) is 5.02 Å². The molecule has 5 N–H and O–H groups in total. The number of amides is 2.